The molecule has 1 unspecified atom stereocenters. The molecule has 0 aliphatic heterocycles. The number of ether oxygens (including phenoxy) is 1. The van der Waals surface area contributed by atoms with E-state index in [2.05, 4.69) is 59.8 Å². The van der Waals surface area contributed by atoms with Gasteiger partial charge in [-0.2, -0.15) is 0 Å². The Hall–Kier alpha value is -1.38. The predicted molar refractivity (Wildman–Crippen MR) is 133 cm³/mol. The maximum absolute atomic E-state index is 13.4. The van der Waals surface area contributed by atoms with Gasteiger partial charge in [0.1, 0.15) is 6.10 Å². The lowest BCUT2D eigenvalue weighted by Gasteiger charge is -2.57. The molecule has 184 valence electrons. The standard InChI is InChI=1S/C30H46O3/c1-18(2)19(3)8-9-20(4)24-10-11-25-23-17-28(32)27-16-22(33-21(5)31)12-14-30(27,7)26(23)13-15-29(24,25)6/h8-9,17-20,22,24-27H,10-16H2,1-7H3/t19-,20+,22-,24+,25-,26-,27?,29+,30+/m0/s1. The molecule has 0 aromatic heterocycles. The van der Waals surface area contributed by atoms with Gasteiger partial charge in [-0.3, -0.25) is 9.59 Å². The molecule has 0 radical (unpaired) electrons. The lowest BCUT2D eigenvalue weighted by molar-refractivity contribution is -0.155. The van der Waals surface area contributed by atoms with Crippen LogP contribution in [0.4, 0.5) is 0 Å². The SMILES string of the molecule is CC(=O)O[C@H]1CC[C@@]2(C)C(C1)C(=O)C=C1[C@@H]3CC[C@H]([C@H](C)C=C[C@H](C)C(C)C)[C@@]3(C)CC[C@@H]12. The average Bonchev–Trinajstić information content (AvgIpc) is 3.10. The second kappa shape index (κ2) is 9.00. The topological polar surface area (TPSA) is 43.4 Å². The maximum Gasteiger partial charge on any atom is 0.302 e. The molecule has 9 atom stereocenters. The van der Waals surface area contributed by atoms with Crippen LogP contribution in [0, 0.1) is 52.3 Å². The summed E-state index contributed by atoms with van der Waals surface area (Å²) in [4.78, 5) is 24.9. The van der Waals surface area contributed by atoms with Gasteiger partial charge in [-0.15, -0.1) is 0 Å². The first-order valence-corrected chi connectivity index (χ1v) is 13.6. The third kappa shape index (κ3) is 4.27. The van der Waals surface area contributed by atoms with Crippen LogP contribution in [-0.4, -0.2) is 17.9 Å². The number of fused-ring (bicyclic) bond motifs is 5. The van der Waals surface area contributed by atoms with Gasteiger partial charge in [0.2, 0.25) is 0 Å². The lowest BCUT2D eigenvalue weighted by Crippen LogP contribution is -2.52. The van der Waals surface area contributed by atoms with Crippen LogP contribution in [0.2, 0.25) is 0 Å². The quantitative estimate of drug-likeness (QED) is 0.327. The number of rotatable bonds is 5. The molecule has 0 N–H and O–H groups in total. The van der Waals surface area contributed by atoms with Gasteiger partial charge in [0.25, 0.3) is 0 Å². The molecule has 3 nitrogen and oxygen atoms in total. The average molecular weight is 455 g/mol. The molecule has 4 rings (SSSR count). The van der Waals surface area contributed by atoms with Crippen molar-refractivity contribution in [2.45, 2.75) is 99.5 Å². The molecule has 0 amide bonds. The van der Waals surface area contributed by atoms with E-state index in [-0.39, 0.29) is 23.4 Å². The number of carbonyl (C=O) groups is 2. The molecular formula is C30H46O3. The Morgan fingerprint density at radius 2 is 1.64 bits per heavy atom. The van der Waals surface area contributed by atoms with Gasteiger partial charge < -0.3 is 4.74 Å². The van der Waals surface area contributed by atoms with Crippen LogP contribution in [-0.2, 0) is 14.3 Å². The zero-order chi connectivity index (χ0) is 24.1. The van der Waals surface area contributed by atoms with Crippen molar-refractivity contribution >= 4 is 11.8 Å². The second-order valence-electron chi connectivity index (χ2n) is 12.8. The van der Waals surface area contributed by atoms with E-state index in [1.165, 1.54) is 38.2 Å². The number of esters is 1. The minimum atomic E-state index is -0.223. The van der Waals surface area contributed by atoms with Gasteiger partial charge in [0.05, 0.1) is 0 Å². The summed E-state index contributed by atoms with van der Waals surface area (Å²) in [7, 11) is 0. The van der Waals surface area contributed by atoms with Crippen LogP contribution >= 0.6 is 0 Å². The number of ketones is 1. The van der Waals surface area contributed by atoms with Crippen LogP contribution in [0.15, 0.2) is 23.8 Å². The van der Waals surface area contributed by atoms with Crippen molar-refractivity contribution < 1.29 is 14.3 Å². The molecule has 4 aliphatic carbocycles. The van der Waals surface area contributed by atoms with E-state index in [0.29, 0.717) is 53.1 Å². The minimum Gasteiger partial charge on any atom is -0.463 e. The van der Waals surface area contributed by atoms with Gasteiger partial charge in [0.15, 0.2) is 5.78 Å². The highest BCUT2D eigenvalue weighted by Gasteiger charge is 2.59. The summed E-state index contributed by atoms with van der Waals surface area (Å²) in [5, 5.41) is 0. The van der Waals surface area contributed by atoms with E-state index in [4.69, 9.17) is 4.74 Å². The summed E-state index contributed by atoms with van der Waals surface area (Å²) in [6, 6.07) is 0. The Bertz CT molecular complexity index is 837. The van der Waals surface area contributed by atoms with Crippen molar-refractivity contribution in [3.63, 3.8) is 0 Å². The number of hydrogen-bond donors (Lipinski definition) is 0. The molecule has 0 spiro atoms. The van der Waals surface area contributed by atoms with Crippen LogP contribution < -0.4 is 0 Å². The van der Waals surface area contributed by atoms with Crippen LogP contribution in [0.1, 0.15) is 93.4 Å². The summed E-state index contributed by atoms with van der Waals surface area (Å²) in [5.41, 5.74) is 1.80. The summed E-state index contributed by atoms with van der Waals surface area (Å²) in [6.07, 6.45) is 14.5. The van der Waals surface area contributed by atoms with Gasteiger partial charge in [0, 0.05) is 12.8 Å². The highest BCUT2D eigenvalue weighted by molar-refractivity contribution is 5.94. The number of allylic oxidation sites excluding steroid dienone is 4. The van der Waals surface area contributed by atoms with Gasteiger partial charge in [-0.25, -0.2) is 0 Å². The first-order chi connectivity index (χ1) is 15.5. The Morgan fingerprint density at radius 3 is 2.30 bits per heavy atom. The van der Waals surface area contributed by atoms with Crippen molar-refractivity contribution in [1.82, 2.24) is 0 Å². The third-order valence-corrected chi connectivity index (χ3v) is 10.7. The van der Waals surface area contributed by atoms with Crippen LogP contribution in [0.25, 0.3) is 0 Å². The molecule has 33 heavy (non-hydrogen) atoms. The molecule has 0 heterocycles. The zero-order valence-corrected chi connectivity index (χ0v) is 22.0. The Balaban J connectivity index is 1.56. The molecular weight excluding hydrogens is 408 g/mol. The van der Waals surface area contributed by atoms with Gasteiger partial charge in [-0.1, -0.05) is 59.3 Å². The Kier molecular flexibility index (Phi) is 6.75. The van der Waals surface area contributed by atoms with Crippen LogP contribution in [0.5, 0.6) is 0 Å². The smallest absolute Gasteiger partial charge is 0.302 e. The highest BCUT2D eigenvalue weighted by atomic mass is 16.5. The van der Waals surface area contributed by atoms with Crippen molar-refractivity contribution in [2.75, 3.05) is 0 Å². The van der Waals surface area contributed by atoms with Crippen molar-refractivity contribution in [3.05, 3.63) is 23.8 Å². The summed E-state index contributed by atoms with van der Waals surface area (Å²) >= 11 is 0. The van der Waals surface area contributed by atoms with Crippen molar-refractivity contribution in [2.24, 2.45) is 52.3 Å². The Morgan fingerprint density at radius 1 is 0.970 bits per heavy atom. The maximum atomic E-state index is 13.4. The largest absolute Gasteiger partial charge is 0.463 e. The van der Waals surface area contributed by atoms with E-state index < -0.39 is 0 Å². The minimum absolute atomic E-state index is 0.00489. The fourth-order valence-corrected chi connectivity index (χ4v) is 8.28. The van der Waals surface area contributed by atoms with Crippen LogP contribution in [0.3, 0.4) is 0 Å². The number of hydrogen-bond acceptors (Lipinski definition) is 3. The molecule has 0 aromatic rings. The highest BCUT2D eigenvalue weighted by Crippen LogP contribution is 2.66. The summed E-state index contributed by atoms with van der Waals surface area (Å²) in [5.74, 6) is 3.72. The van der Waals surface area contributed by atoms with Gasteiger partial charge in [-0.05, 0) is 97.4 Å². The molecule has 0 saturated heterocycles. The van der Waals surface area contributed by atoms with Crippen molar-refractivity contribution in [1.29, 1.82) is 0 Å². The Labute approximate surface area is 201 Å². The second-order valence-corrected chi connectivity index (χ2v) is 12.8. The first kappa shape index (κ1) is 24.7. The number of carbonyl (C=O) groups excluding carboxylic acids is 2. The summed E-state index contributed by atoms with van der Waals surface area (Å²) < 4.78 is 5.53. The molecule has 3 heteroatoms. The summed E-state index contributed by atoms with van der Waals surface area (Å²) in [6.45, 7) is 15.7. The molecule has 4 aliphatic rings. The fraction of sp³-hybridized carbons (Fsp3) is 0.800. The van der Waals surface area contributed by atoms with E-state index in [9.17, 15) is 9.59 Å². The predicted octanol–water partition coefficient (Wildman–Crippen LogP) is 7.16. The zero-order valence-electron chi connectivity index (χ0n) is 22.0. The first-order valence-electron chi connectivity index (χ1n) is 13.6. The van der Waals surface area contributed by atoms with E-state index in [1.54, 1.807) is 0 Å². The van der Waals surface area contributed by atoms with E-state index in [0.717, 1.165) is 12.8 Å². The molecule has 0 bridgehead atoms. The lowest BCUT2D eigenvalue weighted by atomic mass is 9.47. The monoisotopic (exact) mass is 454 g/mol. The third-order valence-electron chi connectivity index (χ3n) is 10.7. The molecule has 3 saturated carbocycles. The van der Waals surface area contributed by atoms with Crippen molar-refractivity contribution in [3.8, 4) is 0 Å². The molecule has 3 fully saturated rings. The van der Waals surface area contributed by atoms with E-state index in [1.807, 2.05) is 0 Å². The molecule has 0 aromatic carbocycles. The van der Waals surface area contributed by atoms with E-state index >= 15 is 0 Å². The van der Waals surface area contributed by atoms with Gasteiger partial charge >= 0.3 is 5.97 Å². The fourth-order valence-electron chi connectivity index (χ4n) is 8.28. The normalized spacial score (nSPS) is 42.4.